The molecule has 6 heteroatoms. The smallest absolute Gasteiger partial charge is 0.146 e. The lowest BCUT2D eigenvalue weighted by atomic mass is 10.00. The number of ether oxygens (including phenoxy) is 1. The SMILES string of the molecule is Cc1sc2nc(CN3CCCC3)nc(NC3CCOC(C4CC4)C3)c2c1C. The highest BCUT2D eigenvalue weighted by Gasteiger charge is 2.36. The van der Waals surface area contributed by atoms with Gasteiger partial charge in [0, 0.05) is 17.5 Å². The molecule has 2 aliphatic heterocycles. The van der Waals surface area contributed by atoms with Crippen LogP contribution in [0.25, 0.3) is 10.2 Å². The lowest BCUT2D eigenvalue weighted by Crippen LogP contribution is -2.35. The van der Waals surface area contributed by atoms with Crippen LogP contribution in [0.2, 0.25) is 0 Å². The van der Waals surface area contributed by atoms with Crippen LogP contribution < -0.4 is 5.32 Å². The van der Waals surface area contributed by atoms with E-state index in [-0.39, 0.29) is 0 Å². The van der Waals surface area contributed by atoms with Crippen LogP contribution in [0, 0.1) is 19.8 Å². The average Bonchev–Trinajstić information content (AvgIpc) is 3.31. The molecule has 1 N–H and O–H groups in total. The molecule has 1 aliphatic carbocycles. The van der Waals surface area contributed by atoms with Crippen molar-refractivity contribution in [2.75, 3.05) is 25.0 Å². The third kappa shape index (κ3) is 3.71. The molecule has 5 nitrogen and oxygen atoms in total. The Kier molecular flexibility index (Phi) is 4.82. The second-order valence-electron chi connectivity index (χ2n) is 8.55. The molecule has 0 spiro atoms. The molecule has 0 amide bonds. The van der Waals surface area contributed by atoms with E-state index in [9.17, 15) is 0 Å². The highest BCUT2D eigenvalue weighted by molar-refractivity contribution is 7.18. The monoisotopic (exact) mass is 386 g/mol. The van der Waals surface area contributed by atoms with Gasteiger partial charge in [-0.05, 0) is 76.9 Å². The summed E-state index contributed by atoms with van der Waals surface area (Å²) in [6, 6.07) is 0.460. The number of aromatic nitrogens is 2. The Bertz CT molecular complexity index is 825. The molecule has 27 heavy (non-hydrogen) atoms. The van der Waals surface area contributed by atoms with Crippen molar-refractivity contribution in [3.63, 3.8) is 0 Å². The van der Waals surface area contributed by atoms with Gasteiger partial charge in [-0.3, -0.25) is 4.90 Å². The van der Waals surface area contributed by atoms with E-state index in [2.05, 4.69) is 24.1 Å². The number of nitrogens with zero attached hydrogens (tertiary/aromatic N) is 3. The van der Waals surface area contributed by atoms with Gasteiger partial charge in [-0.15, -0.1) is 11.3 Å². The number of nitrogens with one attached hydrogen (secondary N) is 1. The molecule has 5 rings (SSSR count). The maximum atomic E-state index is 6.02. The van der Waals surface area contributed by atoms with E-state index in [0.717, 1.165) is 48.4 Å². The summed E-state index contributed by atoms with van der Waals surface area (Å²) in [6.07, 6.45) is 7.92. The first-order chi connectivity index (χ1) is 13.2. The zero-order valence-electron chi connectivity index (χ0n) is 16.5. The van der Waals surface area contributed by atoms with Gasteiger partial charge in [-0.25, -0.2) is 9.97 Å². The molecule has 0 bridgehead atoms. The minimum Gasteiger partial charge on any atom is -0.378 e. The predicted molar refractivity (Wildman–Crippen MR) is 111 cm³/mol. The predicted octanol–water partition coefficient (Wildman–Crippen LogP) is 4.27. The third-order valence-electron chi connectivity index (χ3n) is 6.44. The van der Waals surface area contributed by atoms with Gasteiger partial charge in [-0.2, -0.15) is 0 Å². The summed E-state index contributed by atoms with van der Waals surface area (Å²) in [5.41, 5.74) is 1.33. The molecule has 4 heterocycles. The Balaban J connectivity index is 1.43. The van der Waals surface area contributed by atoms with Crippen LogP contribution in [0.5, 0.6) is 0 Å². The van der Waals surface area contributed by atoms with Crippen molar-refractivity contribution in [3.8, 4) is 0 Å². The minimum atomic E-state index is 0.447. The average molecular weight is 387 g/mol. The third-order valence-corrected chi connectivity index (χ3v) is 7.54. The van der Waals surface area contributed by atoms with Crippen LogP contribution in [0.4, 0.5) is 5.82 Å². The summed E-state index contributed by atoms with van der Waals surface area (Å²) in [6.45, 7) is 8.50. The van der Waals surface area contributed by atoms with Crippen molar-refractivity contribution in [2.24, 2.45) is 5.92 Å². The van der Waals surface area contributed by atoms with Gasteiger partial charge in [0.05, 0.1) is 18.0 Å². The van der Waals surface area contributed by atoms with Crippen LogP contribution in [-0.2, 0) is 11.3 Å². The Hall–Kier alpha value is -1.24. The Morgan fingerprint density at radius 1 is 1.15 bits per heavy atom. The molecule has 2 saturated heterocycles. The fourth-order valence-corrected chi connectivity index (χ4v) is 5.61. The maximum absolute atomic E-state index is 6.02. The lowest BCUT2D eigenvalue weighted by Gasteiger charge is -2.31. The first-order valence-electron chi connectivity index (χ1n) is 10.5. The molecular weight excluding hydrogens is 356 g/mol. The molecule has 3 fully saturated rings. The number of anilines is 1. The molecule has 2 unspecified atom stereocenters. The molecule has 2 aromatic heterocycles. The van der Waals surface area contributed by atoms with Gasteiger partial charge in [0.15, 0.2) is 0 Å². The second kappa shape index (κ2) is 7.30. The summed E-state index contributed by atoms with van der Waals surface area (Å²) in [7, 11) is 0. The van der Waals surface area contributed by atoms with Gasteiger partial charge in [0.2, 0.25) is 0 Å². The number of fused-ring (bicyclic) bond motifs is 1. The number of aryl methyl sites for hydroxylation is 2. The zero-order valence-corrected chi connectivity index (χ0v) is 17.3. The number of likely N-dealkylation sites (tertiary alicyclic amines) is 1. The number of rotatable bonds is 5. The van der Waals surface area contributed by atoms with Crippen LogP contribution in [0.15, 0.2) is 0 Å². The van der Waals surface area contributed by atoms with Crippen molar-refractivity contribution in [1.82, 2.24) is 14.9 Å². The van der Waals surface area contributed by atoms with E-state index in [1.165, 1.54) is 54.6 Å². The van der Waals surface area contributed by atoms with Crippen molar-refractivity contribution >= 4 is 27.4 Å². The normalized spacial score (nSPS) is 26.7. The number of hydrogen-bond donors (Lipinski definition) is 1. The second-order valence-corrected chi connectivity index (χ2v) is 9.75. The van der Waals surface area contributed by atoms with Gasteiger partial charge in [0.1, 0.15) is 16.5 Å². The van der Waals surface area contributed by atoms with Crippen LogP contribution in [-0.4, -0.2) is 46.7 Å². The summed E-state index contributed by atoms with van der Waals surface area (Å²) >= 11 is 1.81. The quantitative estimate of drug-likeness (QED) is 0.831. The summed E-state index contributed by atoms with van der Waals surface area (Å²) in [5.74, 6) is 2.83. The van der Waals surface area contributed by atoms with E-state index in [1.54, 1.807) is 0 Å². The topological polar surface area (TPSA) is 50.3 Å². The van der Waals surface area contributed by atoms with Crippen molar-refractivity contribution < 1.29 is 4.74 Å². The van der Waals surface area contributed by atoms with Gasteiger partial charge >= 0.3 is 0 Å². The van der Waals surface area contributed by atoms with E-state index >= 15 is 0 Å². The van der Waals surface area contributed by atoms with Gasteiger partial charge in [0.25, 0.3) is 0 Å². The molecule has 3 aliphatic rings. The summed E-state index contributed by atoms with van der Waals surface area (Å²) in [4.78, 5) is 14.9. The molecule has 0 radical (unpaired) electrons. The Morgan fingerprint density at radius 3 is 2.74 bits per heavy atom. The standard InChI is InChI=1S/C21H30N4OS/c1-13-14(2)27-21-19(13)20(23-18(24-21)12-25-8-3-4-9-25)22-16-7-10-26-17(11-16)15-5-6-15/h15-17H,3-12H2,1-2H3,(H,22,23,24). The van der Waals surface area contributed by atoms with Crippen molar-refractivity contribution in [2.45, 2.75) is 71.1 Å². The maximum Gasteiger partial charge on any atom is 0.146 e. The summed E-state index contributed by atoms with van der Waals surface area (Å²) in [5, 5.41) is 5.05. The molecule has 146 valence electrons. The van der Waals surface area contributed by atoms with Crippen LogP contribution in [0.3, 0.4) is 0 Å². The van der Waals surface area contributed by atoms with E-state index in [0.29, 0.717) is 12.1 Å². The summed E-state index contributed by atoms with van der Waals surface area (Å²) < 4.78 is 6.02. The highest BCUT2D eigenvalue weighted by Crippen LogP contribution is 2.39. The van der Waals surface area contributed by atoms with Gasteiger partial charge < -0.3 is 10.1 Å². The largest absolute Gasteiger partial charge is 0.378 e. The van der Waals surface area contributed by atoms with E-state index in [1.807, 2.05) is 11.3 Å². The fourth-order valence-electron chi connectivity index (χ4n) is 4.56. The Morgan fingerprint density at radius 2 is 1.96 bits per heavy atom. The van der Waals surface area contributed by atoms with E-state index in [4.69, 9.17) is 14.7 Å². The van der Waals surface area contributed by atoms with Crippen molar-refractivity contribution in [3.05, 3.63) is 16.3 Å². The minimum absolute atomic E-state index is 0.447. The van der Waals surface area contributed by atoms with E-state index < -0.39 is 0 Å². The molecule has 2 aromatic rings. The zero-order chi connectivity index (χ0) is 18.4. The Labute approximate surface area is 165 Å². The highest BCUT2D eigenvalue weighted by atomic mass is 32.1. The molecule has 1 saturated carbocycles. The van der Waals surface area contributed by atoms with Crippen molar-refractivity contribution in [1.29, 1.82) is 0 Å². The first kappa shape index (κ1) is 17.8. The molecular formula is C21H30N4OS. The number of hydrogen-bond acceptors (Lipinski definition) is 6. The van der Waals surface area contributed by atoms with Crippen LogP contribution in [0.1, 0.15) is 54.8 Å². The number of thiophene rings is 1. The molecule has 2 atom stereocenters. The van der Waals surface area contributed by atoms with Gasteiger partial charge in [-0.1, -0.05) is 0 Å². The molecule has 0 aromatic carbocycles. The van der Waals surface area contributed by atoms with Crippen LogP contribution >= 0.6 is 11.3 Å². The first-order valence-corrected chi connectivity index (χ1v) is 11.4. The fraction of sp³-hybridized carbons (Fsp3) is 0.714. The lowest BCUT2D eigenvalue weighted by molar-refractivity contribution is -0.00221.